The summed E-state index contributed by atoms with van der Waals surface area (Å²) in [5.74, 6) is 1.04. The SMILES string of the molecule is Cc1cc(Oc2ccc(Cl)cc2CC(C)N)ccc1F. The fraction of sp³-hybridized carbons (Fsp3) is 0.250. The topological polar surface area (TPSA) is 35.2 Å². The van der Waals surface area contributed by atoms with E-state index in [9.17, 15) is 4.39 Å². The predicted molar refractivity (Wildman–Crippen MR) is 80.0 cm³/mol. The molecule has 0 saturated carbocycles. The number of rotatable bonds is 4. The Bertz CT molecular complexity index is 613. The predicted octanol–water partition coefficient (Wildman–Crippen LogP) is 4.47. The van der Waals surface area contributed by atoms with Gasteiger partial charge in [-0.05, 0) is 67.8 Å². The summed E-state index contributed by atoms with van der Waals surface area (Å²) < 4.78 is 19.1. The Morgan fingerprint density at radius 3 is 2.65 bits per heavy atom. The molecule has 0 heterocycles. The van der Waals surface area contributed by atoms with Gasteiger partial charge in [0.1, 0.15) is 17.3 Å². The molecule has 0 aliphatic carbocycles. The van der Waals surface area contributed by atoms with E-state index in [0.717, 1.165) is 5.56 Å². The number of halogens is 2. The number of nitrogens with two attached hydrogens (primary N) is 1. The van der Waals surface area contributed by atoms with Gasteiger partial charge in [0.25, 0.3) is 0 Å². The zero-order valence-electron chi connectivity index (χ0n) is 11.5. The molecular weight excluding hydrogens is 277 g/mol. The Morgan fingerprint density at radius 2 is 2.00 bits per heavy atom. The minimum atomic E-state index is -0.246. The van der Waals surface area contributed by atoms with Gasteiger partial charge in [0.2, 0.25) is 0 Å². The van der Waals surface area contributed by atoms with Crippen molar-refractivity contribution in [2.24, 2.45) is 5.73 Å². The van der Waals surface area contributed by atoms with E-state index < -0.39 is 0 Å². The zero-order chi connectivity index (χ0) is 14.7. The molecule has 0 amide bonds. The Hall–Kier alpha value is -1.58. The van der Waals surface area contributed by atoms with Crippen LogP contribution in [0.15, 0.2) is 36.4 Å². The molecule has 0 saturated heterocycles. The maximum Gasteiger partial charge on any atom is 0.130 e. The van der Waals surface area contributed by atoms with Gasteiger partial charge in [-0.1, -0.05) is 11.6 Å². The number of aryl methyl sites for hydroxylation is 1. The van der Waals surface area contributed by atoms with Crippen LogP contribution in [0.3, 0.4) is 0 Å². The minimum absolute atomic E-state index is 0.00534. The molecule has 0 radical (unpaired) electrons. The van der Waals surface area contributed by atoms with Gasteiger partial charge < -0.3 is 10.5 Å². The van der Waals surface area contributed by atoms with Crippen molar-refractivity contribution in [2.45, 2.75) is 26.3 Å². The normalized spacial score (nSPS) is 12.2. The molecule has 0 aliphatic rings. The molecule has 0 aromatic heterocycles. The molecule has 2 nitrogen and oxygen atoms in total. The quantitative estimate of drug-likeness (QED) is 0.902. The Morgan fingerprint density at radius 1 is 1.25 bits per heavy atom. The second-order valence-electron chi connectivity index (χ2n) is 4.95. The van der Waals surface area contributed by atoms with E-state index in [1.807, 2.05) is 13.0 Å². The monoisotopic (exact) mass is 293 g/mol. The molecular formula is C16H17ClFNO. The first kappa shape index (κ1) is 14.8. The summed E-state index contributed by atoms with van der Waals surface area (Å²) in [6, 6.07) is 10.1. The van der Waals surface area contributed by atoms with Crippen LogP contribution >= 0.6 is 11.6 Å². The molecule has 0 bridgehead atoms. The molecule has 2 N–H and O–H groups in total. The average Bonchev–Trinajstić information content (AvgIpc) is 2.36. The summed E-state index contributed by atoms with van der Waals surface area (Å²) in [5, 5.41) is 0.642. The van der Waals surface area contributed by atoms with Crippen molar-refractivity contribution < 1.29 is 9.13 Å². The molecule has 0 fully saturated rings. The molecule has 0 aliphatic heterocycles. The van der Waals surface area contributed by atoms with Crippen LogP contribution in [0.4, 0.5) is 4.39 Å². The van der Waals surface area contributed by atoms with Crippen LogP contribution in [0.5, 0.6) is 11.5 Å². The van der Waals surface area contributed by atoms with E-state index in [-0.39, 0.29) is 11.9 Å². The first-order valence-electron chi connectivity index (χ1n) is 6.43. The van der Waals surface area contributed by atoms with Crippen LogP contribution in [-0.4, -0.2) is 6.04 Å². The maximum atomic E-state index is 13.3. The average molecular weight is 294 g/mol. The van der Waals surface area contributed by atoms with Gasteiger partial charge in [-0.25, -0.2) is 4.39 Å². The summed E-state index contributed by atoms with van der Waals surface area (Å²) in [6.07, 6.45) is 0.663. The maximum absolute atomic E-state index is 13.3. The van der Waals surface area contributed by atoms with Crippen molar-refractivity contribution in [3.8, 4) is 11.5 Å². The molecule has 4 heteroatoms. The summed E-state index contributed by atoms with van der Waals surface area (Å²) in [5.41, 5.74) is 7.32. The lowest BCUT2D eigenvalue weighted by atomic mass is 10.1. The van der Waals surface area contributed by atoms with E-state index in [4.69, 9.17) is 22.1 Å². The Labute approximate surface area is 123 Å². The van der Waals surface area contributed by atoms with Gasteiger partial charge >= 0.3 is 0 Å². The molecule has 2 aromatic rings. The molecule has 2 rings (SSSR count). The third kappa shape index (κ3) is 3.71. The van der Waals surface area contributed by atoms with Crippen LogP contribution in [0.1, 0.15) is 18.1 Å². The number of hydrogen-bond acceptors (Lipinski definition) is 2. The van der Waals surface area contributed by atoms with E-state index in [2.05, 4.69) is 0 Å². The van der Waals surface area contributed by atoms with Gasteiger partial charge in [0.15, 0.2) is 0 Å². The summed E-state index contributed by atoms with van der Waals surface area (Å²) >= 11 is 6.00. The highest BCUT2D eigenvalue weighted by atomic mass is 35.5. The molecule has 20 heavy (non-hydrogen) atoms. The van der Waals surface area contributed by atoms with Crippen LogP contribution in [0.2, 0.25) is 5.02 Å². The highest BCUT2D eigenvalue weighted by Gasteiger charge is 2.09. The largest absolute Gasteiger partial charge is 0.457 e. The highest BCUT2D eigenvalue weighted by molar-refractivity contribution is 6.30. The summed E-state index contributed by atoms with van der Waals surface area (Å²) in [4.78, 5) is 0. The molecule has 2 aromatic carbocycles. The molecule has 106 valence electrons. The van der Waals surface area contributed by atoms with Crippen LogP contribution in [0, 0.1) is 12.7 Å². The Balaban J connectivity index is 2.30. The standard InChI is InChI=1S/C16H17ClFNO/c1-10-7-14(4-5-15(10)18)20-16-6-3-13(17)9-12(16)8-11(2)19/h3-7,9,11H,8,19H2,1-2H3. The fourth-order valence-corrected chi connectivity index (χ4v) is 2.16. The van der Waals surface area contributed by atoms with Gasteiger partial charge in [0.05, 0.1) is 0 Å². The van der Waals surface area contributed by atoms with E-state index in [0.29, 0.717) is 28.5 Å². The van der Waals surface area contributed by atoms with Crippen LogP contribution < -0.4 is 10.5 Å². The first-order valence-corrected chi connectivity index (χ1v) is 6.81. The van der Waals surface area contributed by atoms with Gasteiger partial charge in [-0.15, -0.1) is 0 Å². The molecule has 1 atom stereocenters. The van der Waals surface area contributed by atoms with Crippen molar-refractivity contribution >= 4 is 11.6 Å². The third-order valence-corrected chi connectivity index (χ3v) is 3.16. The second-order valence-corrected chi connectivity index (χ2v) is 5.38. The van der Waals surface area contributed by atoms with Crippen molar-refractivity contribution in [3.63, 3.8) is 0 Å². The van der Waals surface area contributed by atoms with Crippen molar-refractivity contribution in [2.75, 3.05) is 0 Å². The number of hydrogen-bond donors (Lipinski definition) is 1. The van der Waals surface area contributed by atoms with E-state index in [1.54, 1.807) is 31.2 Å². The van der Waals surface area contributed by atoms with Crippen LogP contribution in [0.25, 0.3) is 0 Å². The van der Waals surface area contributed by atoms with E-state index in [1.165, 1.54) is 6.07 Å². The number of benzene rings is 2. The van der Waals surface area contributed by atoms with Gasteiger partial charge in [-0.2, -0.15) is 0 Å². The lowest BCUT2D eigenvalue weighted by Gasteiger charge is -2.13. The lowest BCUT2D eigenvalue weighted by Crippen LogP contribution is -2.18. The Kier molecular flexibility index (Phi) is 4.63. The van der Waals surface area contributed by atoms with Crippen molar-refractivity contribution in [1.29, 1.82) is 0 Å². The van der Waals surface area contributed by atoms with E-state index >= 15 is 0 Å². The minimum Gasteiger partial charge on any atom is -0.457 e. The second kappa shape index (κ2) is 6.25. The van der Waals surface area contributed by atoms with Crippen LogP contribution in [-0.2, 0) is 6.42 Å². The third-order valence-electron chi connectivity index (χ3n) is 2.92. The summed E-state index contributed by atoms with van der Waals surface area (Å²) in [7, 11) is 0. The number of ether oxygens (including phenoxy) is 1. The lowest BCUT2D eigenvalue weighted by molar-refractivity contribution is 0.471. The van der Waals surface area contributed by atoms with Crippen molar-refractivity contribution in [3.05, 3.63) is 58.4 Å². The van der Waals surface area contributed by atoms with Gasteiger partial charge in [0, 0.05) is 11.1 Å². The zero-order valence-corrected chi connectivity index (χ0v) is 12.2. The smallest absolute Gasteiger partial charge is 0.130 e. The molecule has 1 unspecified atom stereocenters. The van der Waals surface area contributed by atoms with Crippen molar-refractivity contribution in [1.82, 2.24) is 0 Å². The molecule has 0 spiro atoms. The first-order chi connectivity index (χ1) is 9.45. The summed E-state index contributed by atoms with van der Waals surface area (Å²) in [6.45, 7) is 3.62. The fourth-order valence-electron chi connectivity index (χ4n) is 1.96. The van der Waals surface area contributed by atoms with Gasteiger partial charge in [-0.3, -0.25) is 0 Å². The highest BCUT2D eigenvalue weighted by Crippen LogP contribution is 2.29.